The van der Waals surface area contributed by atoms with Gasteiger partial charge in [0.25, 0.3) is 0 Å². The Morgan fingerprint density at radius 3 is 2.62 bits per heavy atom. The molecule has 0 aliphatic heterocycles. The molecule has 0 amide bonds. The van der Waals surface area contributed by atoms with Gasteiger partial charge in [0.1, 0.15) is 11.4 Å². The highest BCUT2D eigenvalue weighted by molar-refractivity contribution is 7.08. The molecule has 2 rings (SSSR count). The highest BCUT2D eigenvalue weighted by Gasteiger charge is 2.23. The average molecular weight is 380 g/mol. The van der Waals surface area contributed by atoms with Crippen LogP contribution in [0.4, 0.5) is 4.39 Å². The molecule has 0 aliphatic carbocycles. The second-order valence-electron chi connectivity index (χ2n) is 6.14. The topological polar surface area (TPSA) is 65.9 Å². The third-order valence-corrected chi connectivity index (χ3v) is 4.70. The van der Waals surface area contributed by atoms with Gasteiger partial charge in [-0.25, -0.2) is 9.38 Å². The van der Waals surface area contributed by atoms with E-state index in [1.807, 2.05) is 23.8 Å². The molecule has 0 fully saturated rings. The minimum absolute atomic E-state index is 0.229. The van der Waals surface area contributed by atoms with Crippen molar-refractivity contribution in [2.45, 2.75) is 25.6 Å². The van der Waals surface area contributed by atoms with Gasteiger partial charge in [0, 0.05) is 20.2 Å². The van der Waals surface area contributed by atoms with Crippen molar-refractivity contribution in [2.24, 2.45) is 4.99 Å². The molecule has 0 bridgehead atoms. The van der Waals surface area contributed by atoms with Crippen LogP contribution in [0.3, 0.4) is 0 Å². The molecule has 0 aliphatic rings. The number of aliphatic hydroxyl groups is 1. The summed E-state index contributed by atoms with van der Waals surface area (Å²) in [5.41, 5.74) is 0.700. The molecule has 5 nitrogen and oxygen atoms in total. The van der Waals surface area contributed by atoms with Gasteiger partial charge in [0.05, 0.1) is 12.6 Å². The Bertz CT molecular complexity index is 687. The maximum Gasteiger partial charge on any atom is 0.191 e. The van der Waals surface area contributed by atoms with Crippen molar-refractivity contribution >= 4 is 17.3 Å². The summed E-state index contributed by atoms with van der Waals surface area (Å²) in [6.45, 7) is 5.11. The maximum atomic E-state index is 13.1. The summed E-state index contributed by atoms with van der Waals surface area (Å²) in [5, 5.41) is 20.8. The summed E-state index contributed by atoms with van der Waals surface area (Å²) in [7, 11) is 1.61. The van der Waals surface area contributed by atoms with Crippen LogP contribution < -0.4 is 10.6 Å². The van der Waals surface area contributed by atoms with Crippen LogP contribution in [-0.4, -0.2) is 37.8 Å². The first kappa shape index (κ1) is 20.4. The highest BCUT2D eigenvalue weighted by atomic mass is 32.1. The number of ether oxygens (including phenoxy) is 1. The van der Waals surface area contributed by atoms with E-state index in [1.165, 1.54) is 12.1 Å². The van der Waals surface area contributed by atoms with Crippen molar-refractivity contribution in [3.05, 3.63) is 58.0 Å². The van der Waals surface area contributed by atoms with Crippen LogP contribution in [0.15, 0.2) is 46.1 Å². The van der Waals surface area contributed by atoms with Crippen LogP contribution in [0.25, 0.3) is 0 Å². The number of thiophene rings is 1. The minimum atomic E-state index is -1.03. The Morgan fingerprint density at radius 2 is 2.04 bits per heavy atom. The Balaban J connectivity index is 2.01. The quantitative estimate of drug-likeness (QED) is 0.487. The van der Waals surface area contributed by atoms with Crippen LogP contribution in [0.1, 0.15) is 31.1 Å². The molecule has 2 aromatic rings. The van der Waals surface area contributed by atoms with E-state index in [4.69, 9.17) is 4.74 Å². The fourth-order valence-corrected chi connectivity index (χ4v) is 3.22. The number of rotatable bonds is 8. The first-order valence-electron chi connectivity index (χ1n) is 8.51. The van der Waals surface area contributed by atoms with E-state index < -0.39 is 5.60 Å². The zero-order chi connectivity index (χ0) is 19.0. The summed E-state index contributed by atoms with van der Waals surface area (Å²) in [6.07, 6.45) is -0.239. The molecule has 7 heteroatoms. The molecule has 0 radical (unpaired) electrons. The molecule has 142 valence electrons. The van der Waals surface area contributed by atoms with Gasteiger partial charge >= 0.3 is 0 Å². The van der Waals surface area contributed by atoms with E-state index in [2.05, 4.69) is 15.6 Å². The highest BCUT2D eigenvalue weighted by Crippen LogP contribution is 2.23. The van der Waals surface area contributed by atoms with Gasteiger partial charge in [-0.15, -0.1) is 0 Å². The molecule has 3 N–H and O–H groups in total. The SMILES string of the molecule is CCNC(=NCC(C)(O)c1ccsc1)NCC(OC)c1ccc(F)cc1. The van der Waals surface area contributed by atoms with Crippen molar-refractivity contribution in [3.63, 3.8) is 0 Å². The van der Waals surface area contributed by atoms with Crippen LogP contribution in [-0.2, 0) is 10.3 Å². The first-order chi connectivity index (χ1) is 12.5. The fourth-order valence-electron chi connectivity index (χ4n) is 2.44. The number of nitrogens with zero attached hydrogens (tertiary/aromatic N) is 1. The van der Waals surface area contributed by atoms with E-state index >= 15 is 0 Å². The molecule has 2 unspecified atom stereocenters. The van der Waals surface area contributed by atoms with Crippen LogP contribution >= 0.6 is 11.3 Å². The molecule has 0 saturated carbocycles. The van der Waals surface area contributed by atoms with E-state index in [1.54, 1.807) is 37.5 Å². The Kier molecular flexibility index (Phi) is 7.56. The lowest BCUT2D eigenvalue weighted by atomic mass is 10.00. The number of guanidine groups is 1. The molecular formula is C19H26FN3O2S. The van der Waals surface area contributed by atoms with E-state index in [0.29, 0.717) is 19.0 Å². The van der Waals surface area contributed by atoms with Crippen LogP contribution in [0.5, 0.6) is 0 Å². The third kappa shape index (κ3) is 5.79. The molecule has 1 aromatic heterocycles. The summed E-state index contributed by atoms with van der Waals surface area (Å²) in [6, 6.07) is 8.14. The van der Waals surface area contributed by atoms with Gasteiger partial charge < -0.3 is 20.5 Å². The summed E-state index contributed by atoms with van der Waals surface area (Å²) >= 11 is 1.54. The maximum absolute atomic E-state index is 13.1. The predicted octanol–water partition coefficient (Wildman–Crippen LogP) is 3.04. The number of hydrogen-bond donors (Lipinski definition) is 3. The van der Waals surface area contributed by atoms with E-state index in [9.17, 15) is 9.50 Å². The second kappa shape index (κ2) is 9.66. The molecule has 0 spiro atoms. The standard InChI is InChI=1S/C19H26FN3O2S/c1-4-21-18(23-13-19(2,24)15-9-10-26-12-15)22-11-17(25-3)14-5-7-16(20)8-6-14/h5-10,12,17,24H,4,11,13H2,1-3H3,(H2,21,22,23). The molecule has 1 heterocycles. The smallest absolute Gasteiger partial charge is 0.191 e. The average Bonchev–Trinajstić information content (AvgIpc) is 3.17. The van der Waals surface area contributed by atoms with Crippen LogP contribution in [0, 0.1) is 5.82 Å². The van der Waals surface area contributed by atoms with Crippen molar-refractivity contribution in [1.82, 2.24) is 10.6 Å². The number of methoxy groups -OCH3 is 1. The van der Waals surface area contributed by atoms with Gasteiger partial charge in [0.2, 0.25) is 0 Å². The first-order valence-corrected chi connectivity index (χ1v) is 9.46. The normalized spacial score (nSPS) is 15.3. The summed E-state index contributed by atoms with van der Waals surface area (Å²) < 4.78 is 18.6. The minimum Gasteiger partial charge on any atom is -0.383 e. The Morgan fingerprint density at radius 1 is 1.31 bits per heavy atom. The monoisotopic (exact) mass is 379 g/mol. The lowest BCUT2D eigenvalue weighted by Gasteiger charge is -2.22. The van der Waals surface area contributed by atoms with Gasteiger partial charge in [-0.2, -0.15) is 11.3 Å². The van der Waals surface area contributed by atoms with Gasteiger partial charge in [0.15, 0.2) is 5.96 Å². The number of halogens is 1. The largest absolute Gasteiger partial charge is 0.383 e. The number of aliphatic imine (C=N–C) groups is 1. The number of hydrogen-bond acceptors (Lipinski definition) is 4. The van der Waals surface area contributed by atoms with Crippen molar-refractivity contribution < 1.29 is 14.2 Å². The molecule has 2 atom stereocenters. The van der Waals surface area contributed by atoms with Crippen LogP contribution in [0.2, 0.25) is 0 Å². The van der Waals surface area contributed by atoms with Crippen molar-refractivity contribution in [2.75, 3.05) is 26.7 Å². The van der Waals surface area contributed by atoms with Gasteiger partial charge in [-0.05, 0) is 53.9 Å². The fraction of sp³-hybridized carbons (Fsp3) is 0.421. The Labute approximate surface area is 157 Å². The van der Waals surface area contributed by atoms with Gasteiger partial charge in [-0.3, -0.25) is 0 Å². The number of benzene rings is 1. The zero-order valence-electron chi connectivity index (χ0n) is 15.3. The van der Waals surface area contributed by atoms with Crippen molar-refractivity contribution in [1.29, 1.82) is 0 Å². The summed E-state index contributed by atoms with van der Waals surface area (Å²) in [5.74, 6) is 0.314. The lowest BCUT2D eigenvalue weighted by Crippen LogP contribution is -2.40. The van der Waals surface area contributed by atoms with Crippen molar-refractivity contribution in [3.8, 4) is 0 Å². The molecule has 1 aromatic carbocycles. The molecule has 26 heavy (non-hydrogen) atoms. The Hall–Kier alpha value is -1.96. The lowest BCUT2D eigenvalue weighted by molar-refractivity contribution is 0.0676. The number of nitrogens with one attached hydrogen (secondary N) is 2. The van der Waals surface area contributed by atoms with Gasteiger partial charge in [-0.1, -0.05) is 12.1 Å². The molecule has 0 saturated heterocycles. The summed E-state index contributed by atoms with van der Waals surface area (Å²) in [4.78, 5) is 4.49. The molecular weight excluding hydrogens is 353 g/mol. The second-order valence-corrected chi connectivity index (χ2v) is 6.92. The zero-order valence-corrected chi connectivity index (χ0v) is 16.1. The van der Waals surface area contributed by atoms with E-state index in [0.717, 1.165) is 11.1 Å². The van der Waals surface area contributed by atoms with E-state index in [-0.39, 0.29) is 18.5 Å². The predicted molar refractivity (Wildman–Crippen MR) is 104 cm³/mol. The third-order valence-electron chi connectivity index (χ3n) is 4.01.